The highest BCUT2D eigenvalue weighted by Gasteiger charge is 2.37. The molecule has 0 aliphatic heterocycles. The van der Waals surface area contributed by atoms with E-state index >= 15 is 0 Å². The van der Waals surface area contributed by atoms with Gasteiger partial charge in [0, 0.05) is 22.0 Å². The topological polar surface area (TPSA) is 60.7 Å². The fraction of sp³-hybridized carbons (Fsp3) is 0.273. The van der Waals surface area contributed by atoms with Crippen molar-refractivity contribution >= 4 is 0 Å². The molecule has 4 aromatic carbocycles. The summed E-state index contributed by atoms with van der Waals surface area (Å²) < 4.78 is 0. The molecule has 0 spiro atoms. The maximum absolute atomic E-state index is 11.3. The normalized spacial score (nSPS) is 12.1. The van der Waals surface area contributed by atoms with Crippen molar-refractivity contribution in [3.05, 3.63) is 123 Å². The number of benzene rings is 4. The van der Waals surface area contributed by atoms with Gasteiger partial charge in [0.15, 0.2) is 0 Å². The minimum Gasteiger partial charge on any atom is -0.508 e. The van der Waals surface area contributed by atoms with E-state index < -0.39 is 5.41 Å². The summed E-state index contributed by atoms with van der Waals surface area (Å²) in [5.74, 6) is 0.743. The van der Waals surface area contributed by atoms with Crippen LogP contribution in [-0.2, 0) is 10.8 Å². The number of aryl methyl sites for hydroxylation is 4. The van der Waals surface area contributed by atoms with Crippen molar-refractivity contribution in [2.45, 2.75) is 59.3 Å². The second kappa shape index (κ2) is 9.05. The summed E-state index contributed by atoms with van der Waals surface area (Å²) in [4.78, 5) is 0. The molecule has 0 bridgehead atoms. The molecular formula is C33H36O3. The molecule has 186 valence electrons. The third-order valence-corrected chi connectivity index (χ3v) is 7.74. The van der Waals surface area contributed by atoms with Crippen molar-refractivity contribution < 1.29 is 15.3 Å². The number of rotatable bonds is 5. The molecule has 0 fully saturated rings. The van der Waals surface area contributed by atoms with Crippen LogP contribution in [-0.4, -0.2) is 15.3 Å². The van der Waals surface area contributed by atoms with E-state index in [2.05, 4.69) is 45.0 Å². The van der Waals surface area contributed by atoms with Crippen LogP contribution >= 0.6 is 0 Å². The monoisotopic (exact) mass is 480 g/mol. The molecule has 3 N–H and O–H groups in total. The lowest BCUT2D eigenvalue weighted by Gasteiger charge is -2.35. The van der Waals surface area contributed by atoms with E-state index in [1.165, 1.54) is 0 Å². The average molecular weight is 481 g/mol. The van der Waals surface area contributed by atoms with Gasteiger partial charge in [-0.2, -0.15) is 0 Å². The molecular weight excluding hydrogens is 444 g/mol. The SMILES string of the molecule is Cc1cc(C)c(O)c(C(C)(c2ccc(C(C)(C)c3ccc(O)cc3)cc2)c2cc(C)cc(C)c2O)c1. The molecule has 0 saturated carbocycles. The number of hydrogen-bond acceptors (Lipinski definition) is 3. The van der Waals surface area contributed by atoms with Crippen LogP contribution < -0.4 is 0 Å². The third-order valence-electron chi connectivity index (χ3n) is 7.74. The maximum atomic E-state index is 11.3. The van der Waals surface area contributed by atoms with Crippen LogP contribution in [0.5, 0.6) is 17.2 Å². The van der Waals surface area contributed by atoms with Crippen molar-refractivity contribution in [3.8, 4) is 17.2 Å². The fourth-order valence-corrected chi connectivity index (χ4v) is 5.40. The molecule has 0 aromatic heterocycles. The highest BCUT2D eigenvalue weighted by atomic mass is 16.3. The summed E-state index contributed by atoms with van der Waals surface area (Å²) in [5, 5.41) is 32.2. The Hall–Kier alpha value is -3.72. The highest BCUT2D eigenvalue weighted by Crippen LogP contribution is 2.48. The van der Waals surface area contributed by atoms with Gasteiger partial charge in [-0.1, -0.05) is 85.6 Å². The van der Waals surface area contributed by atoms with E-state index in [0.717, 1.165) is 50.1 Å². The highest BCUT2D eigenvalue weighted by molar-refractivity contribution is 5.62. The van der Waals surface area contributed by atoms with E-state index in [0.29, 0.717) is 0 Å². The number of hydrogen-bond donors (Lipinski definition) is 3. The Morgan fingerprint density at radius 3 is 1.28 bits per heavy atom. The molecule has 3 nitrogen and oxygen atoms in total. The average Bonchev–Trinajstić information content (AvgIpc) is 2.83. The van der Waals surface area contributed by atoms with Crippen LogP contribution in [0.4, 0.5) is 0 Å². The first-order valence-electron chi connectivity index (χ1n) is 12.4. The van der Waals surface area contributed by atoms with Gasteiger partial charge >= 0.3 is 0 Å². The predicted molar refractivity (Wildman–Crippen MR) is 147 cm³/mol. The number of phenolic OH excluding ortho intramolecular Hbond substituents is 3. The molecule has 0 amide bonds. The van der Waals surface area contributed by atoms with E-state index in [9.17, 15) is 15.3 Å². The first-order chi connectivity index (χ1) is 16.9. The van der Waals surface area contributed by atoms with Gasteiger partial charge in [-0.25, -0.2) is 0 Å². The van der Waals surface area contributed by atoms with Gasteiger partial charge < -0.3 is 15.3 Å². The van der Waals surface area contributed by atoms with Crippen LogP contribution in [0.3, 0.4) is 0 Å². The Morgan fingerprint density at radius 1 is 0.500 bits per heavy atom. The first-order valence-corrected chi connectivity index (χ1v) is 12.4. The second-order valence-corrected chi connectivity index (χ2v) is 10.8. The van der Waals surface area contributed by atoms with Gasteiger partial charge in [-0.15, -0.1) is 0 Å². The predicted octanol–water partition coefficient (Wildman–Crippen LogP) is 7.72. The minimum atomic E-state index is -0.789. The summed E-state index contributed by atoms with van der Waals surface area (Å²) >= 11 is 0. The summed E-state index contributed by atoms with van der Waals surface area (Å²) in [7, 11) is 0. The molecule has 0 atom stereocenters. The number of phenols is 3. The Bertz CT molecular complexity index is 1350. The largest absolute Gasteiger partial charge is 0.508 e. The van der Waals surface area contributed by atoms with Gasteiger partial charge in [0.25, 0.3) is 0 Å². The molecule has 0 unspecified atom stereocenters. The minimum absolute atomic E-state index is 0.246. The molecule has 3 heteroatoms. The van der Waals surface area contributed by atoms with E-state index in [1.54, 1.807) is 12.1 Å². The maximum Gasteiger partial charge on any atom is 0.122 e. The molecule has 0 aliphatic rings. The van der Waals surface area contributed by atoms with Crippen LogP contribution in [0, 0.1) is 27.7 Å². The van der Waals surface area contributed by atoms with Gasteiger partial charge in [-0.3, -0.25) is 0 Å². The van der Waals surface area contributed by atoms with Crippen molar-refractivity contribution in [2.75, 3.05) is 0 Å². The summed E-state index contributed by atoms with van der Waals surface area (Å²) in [6.45, 7) is 14.3. The van der Waals surface area contributed by atoms with Crippen LogP contribution in [0.25, 0.3) is 0 Å². The van der Waals surface area contributed by atoms with E-state index in [1.807, 2.05) is 64.1 Å². The molecule has 0 heterocycles. The molecule has 0 radical (unpaired) electrons. The zero-order valence-corrected chi connectivity index (χ0v) is 22.3. The fourth-order valence-electron chi connectivity index (χ4n) is 5.40. The lowest BCUT2D eigenvalue weighted by molar-refractivity contribution is 0.437. The van der Waals surface area contributed by atoms with Crippen molar-refractivity contribution in [3.63, 3.8) is 0 Å². The Balaban J connectivity index is 1.94. The summed E-state index contributed by atoms with van der Waals surface area (Å²) in [6.07, 6.45) is 0. The summed E-state index contributed by atoms with van der Waals surface area (Å²) in [6, 6.07) is 23.8. The van der Waals surface area contributed by atoms with Crippen LogP contribution in [0.15, 0.2) is 72.8 Å². The molecule has 36 heavy (non-hydrogen) atoms. The zero-order chi connectivity index (χ0) is 26.4. The summed E-state index contributed by atoms with van der Waals surface area (Å²) in [5.41, 5.74) is 7.43. The van der Waals surface area contributed by atoms with Crippen LogP contribution in [0.2, 0.25) is 0 Å². The van der Waals surface area contributed by atoms with E-state index in [4.69, 9.17) is 0 Å². The molecule has 4 rings (SSSR count). The molecule has 0 saturated heterocycles. The van der Waals surface area contributed by atoms with Gasteiger partial charge in [0.1, 0.15) is 17.2 Å². The van der Waals surface area contributed by atoms with Crippen molar-refractivity contribution in [1.29, 1.82) is 0 Å². The van der Waals surface area contributed by atoms with Crippen LogP contribution in [0.1, 0.15) is 70.8 Å². The zero-order valence-electron chi connectivity index (χ0n) is 22.3. The first kappa shape index (κ1) is 25.4. The number of aromatic hydroxyl groups is 3. The van der Waals surface area contributed by atoms with Crippen molar-refractivity contribution in [1.82, 2.24) is 0 Å². The quantitative estimate of drug-likeness (QED) is 0.256. The Morgan fingerprint density at radius 2 is 0.861 bits per heavy atom. The lowest BCUT2D eigenvalue weighted by Crippen LogP contribution is -2.27. The molecule has 0 aliphatic carbocycles. The second-order valence-electron chi connectivity index (χ2n) is 10.8. The van der Waals surface area contributed by atoms with Gasteiger partial charge in [0.05, 0.1) is 0 Å². The Kier molecular flexibility index (Phi) is 6.38. The molecule has 4 aromatic rings. The van der Waals surface area contributed by atoms with Gasteiger partial charge in [0.2, 0.25) is 0 Å². The third kappa shape index (κ3) is 4.24. The Labute approximate surface area is 214 Å². The smallest absolute Gasteiger partial charge is 0.122 e. The lowest BCUT2D eigenvalue weighted by atomic mass is 9.68. The van der Waals surface area contributed by atoms with Crippen molar-refractivity contribution in [2.24, 2.45) is 0 Å². The van der Waals surface area contributed by atoms with E-state index in [-0.39, 0.29) is 22.7 Å². The standard InChI is InChI=1S/C33H36O3/c1-20-16-22(3)30(35)28(18-20)33(7,29-19-21(2)17-23(4)31(29)36)26-10-8-24(9-11-26)32(5,6)25-12-14-27(34)15-13-25/h8-19,34-36H,1-7H3. The van der Waals surface area contributed by atoms with Gasteiger partial charge in [-0.05, 0) is 74.6 Å².